The summed E-state index contributed by atoms with van der Waals surface area (Å²) in [5, 5.41) is 3.86. The number of hydrogen-bond donors (Lipinski definition) is 1. The maximum atomic E-state index is 13.3. The van der Waals surface area contributed by atoms with Gasteiger partial charge in [-0.1, -0.05) is 0 Å². The van der Waals surface area contributed by atoms with Gasteiger partial charge in [-0.05, 0) is 19.1 Å². The lowest BCUT2D eigenvalue weighted by Crippen LogP contribution is -2.48. The second-order valence-corrected chi connectivity index (χ2v) is 4.53. The van der Waals surface area contributed by atoms with Crippen LogP contribution in [0.5, 0.6) is 0 Å². The standard InChI is InChI=1S/C13H15FN4O/c1-2-17-8-10(18-6-5-15-7-12(18)19)9-3-4-11(14)16-13(9)17/h3-4,8,15H,2,5-7H2,1H3. The Hall–Kier alpha value is -1.95. The summed E-state index contributed by atoms with van der Waals surface area (Å²) in [6, 6.07) is 3.02. The first-order chi connectivity index (χ1) is 9.20. The predicted molar refractivity (Wildman–Crippen MR) is 70.6 cm³/mol. The first kappa shape index (κ1) is 12.1. The van der Waals surface area contributed by atoms with Gasteiger partial charge in [0.05, 0.1) is 12.2 Å². The number of halogens is 1. The highest BCUT2D eigenvalue weighted by molar-refractivity contribution is 6.03. The van der Waals surface area contributed by atoms with Crippen LogP contribution in [0.15, 0.2) is 18.3 Å². The van der Waals surface area contributed by atoms with Crippen molar-refractivity contribution in [2.75, 3.05) is 24.5 Å². The third kappa shape index (κ3) is 1.98. The largest absolute Gasteiger partial charge is 0.331 e. The van der Waals surface area contributed by atoms with Gasteiger partial charge in [-0.25, -0.2) is 4.98 Å². The van der Waals surface area contributed by atoms with Gasteiger partial charge in [-0.2, -0.15) is 4.39 Å². The van der Waals surface area contributed by atoms with Crippen LogP contribution < -0.4 is 10.2 Å². The molecule has 1 aliphatic heterocycles. The van der Waals surface area contributed by atoms with Gasteiger partial charge in [0.1, 0.15) is 5.65 Å². The van der Waals surface area contributed by atoms with Crippen LogP contribution >= 0.6 is 0 Å². The van der Waals surface area contributed by atoms with Gasteiger partial charge in [0.25, 0.3) is 0 Å². The van der Waals surface area contributed by atoms with E-state index in [1.807, 2.05) is 17.7 Å². The Morgan fingerprint density at radius 2 is 2.32 bits per heavy atom. The number of nitrogens with one attached hydrogen (secondary N) is 1. The highest BCUT2D eigenvalue weighted by Crippen LogP contribution is 2.28. The molecular formula is C13H15FN4O. The molecule has 2 aromatic heterocycles. The molecule has 6 heteroatoms. The zero-order chi connectivity index (χ0) is 13.4. The molecule has 1 amide bonds. The summed E-state index contributed by atoms with van der Waals surface area (Å²) >= 11 is 0. The molecule has 1 fully saturated rings. The van der Waals surface area contributed by atoms with E-state index >= 15 is 0 Å². The van der Waals surface area contributed by atoms with E-state index in [1.165, 1.54) is 6.07 Å². The summed E-state index contributed by atoms with van der Waals surface area (Å²) < 4.78 is 15.1. The molecule has 0 spiro atoms. The predicted octanol–water partition coefficient (Wildman–Crippen LogP) is 1.13. The van der Waals surface area contributed by atoms with Gasteiger partial charge in [0.15, 0.2) is 0 Å². The molecule has 19 heavy (non-hydrogen) atoms. The Kier molecular flexibility index (Phi) is 2.94. The van der Waals surface area contributed by atoms with Crippen LogP contribution in [0.4, 0.5) is 10.1 Å². The molecule has 0 saturated carbocycles. The molecule has 0 unspecified atom stereocenters. The van der Waals surface area contributed by atoms with Crippen LogP contribution in [0.25, 0.3) is 11.0 Å². The monoisotopic (exact) mass is 262 g/mol. The van der Waals surface area contributed by atoms with Crippen molar-refractivity contribution in [3.8, 4) is 0 Å². The minimum absolute atomic E-state index is 0.0331. The second kappa shape index (κ2) is 4.62. The molecule has 0 radical (unpaired) electrons. The summed E-state index contributed by atoms with van der Waals surface area (Å²) in [7, 11) is 0. The van der Waals surface area contributed by atoms with E-state index in [1.54, 1.807) is 11.0 Å². The number of aryl methyl sites for hydroxylation is 1. The zero-order valence-electron chi connectivity index (χ0n) is 10.7. The lowest BCUT2D eigenvalue weighted by Gasteiger charge is -2.26. The van der Waals surface area contributed by atoms with Gasteiger partial charge in [0, 0.05) is 31.2 Å². The molecule has 3 rings (SSSR count). The molecule has 0 aromatic carbocycles. The quantitative estimate of drug-likeness (QED) is 0.825. The number of piperazine rings is 1. The molecule has 0 aliphatic carbocycles. The third-order valence-corrected chi connectivity index (χ3v) is 3.39. The van der Waals surface area contributed by atoms with Gasteiger partial charge >= 0.3 is 0 Å². The van der Waals surface area contributed by atoms with E-state index in [4.69, 9.17) is 0 Å². The maximum Gasteiger partial charge on any atom is 0.241 e. The Morgan fingerprint density at radius 1 is 1.47 bits per heavy atom. The number of fused-ring (bicyclic) bond motifs is 1. The van der Waals surface area contributed by atoms with E-state index in [2.05, 4.69) is 10.3 Å². The number of pyridine rings is 1. The molecular weight excluding hydrogens is 247 g/mol. The SMILES string of the molecule is CCn1cc(N2CCNCC2=O)c2ccc(F)nc21. The van der Waals surface area contributed by atoms with Gasteiger partial charge in [-0.15, -0.1) is 0 Å². The Labute approximate surface area is 110 Å². The van der Waals surface area contributed by atoms with Gasteiger partial charge < -0.3 is 14.8 Å². The molecule has 5 nitrogen and oxygen atoms in total. The summed E-state index contributed by atoms with van der Waals surface area (Å²) in [5.74, 6) is -0.468. The van der Waals surface area contributed by atoms with Crippen LogP contribution in [0.1, 0.15) is 6.92 Å². The zero-order valence-corrected chi connectivity index (χ0v) is 10.7. The van der Waals surface area contributed by atoms with Crippen molar-refractivity contribution >= 4 is 22.6 Å². The van der Waals surface area contributed by atoms with E-state index in [0.29, 0.717) is 25.3 Å². The summed E-state index contributed by atoms with van der Waals surface area (Å²) in [4.78, 5) is 17.6. The number of aromatic nitrogens is 2. The third-order valence-electron chi connectivity index (χ3n) is 3.39. The molecule has 3 heterocycles. The fraction of sp³-hybridized carbons (Fsp3) is 0.385. The van der Waals surface area contributed by atoms with Crippen LogP contribution in [-0.2, 0) is 11.3 Å². The van der Waals surface area contributed by atoms with E-state index in [9.17, 15) is 9.18 Å². The molecule has 0 bridgehead atoms. The Morgan fingerprint density at radius 3 is 3.05 bits per heavy atom. The van der Waals surface area contributed by atoms with Crippen molar-refractivity contribution in [2.24, 2.45) is 0 Å². The molecule has 1 saturated heterocycles. The molecule has 100 valence electrons. The minimum Gasteiger partial charge on any atom is -0.331 e. The lowest BCUT2D eigenvalue weighted by atomic mass is 10.2. The number of carbonyl (C=O) groups excluding carboxylic acids is 1. The van der Waals surface area contributed by atoms with Crippen LogP contribution in [-0.4, -0.2) is 35.1 Å². The van der Waals surface area contributed by atoms with Crippen molar-refractivity contribution in [3.05, 3.63) is 24.3 Å². The topological polar surface area (TPSA) is 50.2 Å². The number of anilines is 1. The minimum atomic E-state index is -0.501. The maximum absolute atomic E-state index is 13.3. The number of rotatable bonds is 2. The first-order valence-corrected chi connectivity index (χ1v) is 6.37. The van der Waals surface area contributed by atoms with E-state index in [0.717, 1.165) is 17.6 Å². The Balaban J connectivity index is 2.15. The average molecular weight is 262 g/mol. The van der Waals surface area contributed by atoms with Gasteiger partial charge in [0.2, 0.25) is 11.9 Å². The van der Waals surface area contributed by atoms with Crippen molar-refractivity contribution in [1.29, 1.82) is 0 Å². The van der Waals surface area contributed by atoms with Crippen LogP contribution in [0, 0.1) is 5.95 Å². The number of carbonyl (C=O) groups is 1. The Bertz CT molecular complexity index is 637. The fourth-order valence-electron chi connectivity index (χ4n) is 2.44. The van der Waals surface area contributed by atoms with Crippen molar-refractivity contribution in [3.63, 3.8) is 0 Å². The average Bonchev–Trinajstić information content (AvgIpc) is 2.77. The molecule has 2 aromatic rings. The highest BCUT2D eigenvalue weighted by atomic mass is 19.1. The lowest BCUT2D eigenvalue weighted by molar-refractivity contribution is -0.118. The van der Waals surface area contributed by atoms with Crippen molar-refractivity contribution in [1.82, 2.24) is 14.9 Å². The normalized spacial score (nSPS) is 16.3. The number of hydrogen-bond acceptors (Lipinski definition) is 3. The highest BCUT2D eigenvalue weighted by Gasteiger charge is 2.23. The van der Waals surface area contributed by atoms with Crippen molar-refractivity contribution in [2.45, 2.75) is 13.5 Å². The summed E-state index contributed by atoms with van der Waals surface area (Å²) in [6.45, 7) is 4.38. The number of nitrogens with zero attached hydrogens (tertiary/aromatic N) is 3. The second-order valence-electron chi connectivity index (χ2n) is 4.53. The number of amides is 1. The summed E-state index contributed by atoms with van der Waals surface area (Å²) in [5.41, 5.74) is 1.40. The van der Waals surface area contributed by atoms with E-state index in [-0.39, 0.29) is 5.91 Å². The smallest absolute Gasteiger partial charge is 0.241 e. The van der Waals surface area contributed by atoms with Crippen LogP contribution in [0.3, 0.4) is 0 Å². The molecule has 0 atom stereocenters. The first-order valence-electron chi connectivity index (χ1n) is 6.37. The van der Waals surface area contributed by atoms with Crippen LogP contribution in [0.2, 0.25) is 0 Å². The van der Waals surface area contributed by atoms with E-state index < -0.39 is 5.95 Å². The fourth-order valence-corrected chi connectivity index (χ4v) is 2.44. The molecule has 1 N–H and O–H groups in total. The molecule has 1 aliphatic rings. The van der Waals surface area contributed by atoms with Gasteiger partial charge in [-0.3, -0.25) is 4.79 Å². The summed E-state index contributed by atoms with van der Waals surface area (Å²) in [6.07, 6.45) is 1.88. The van der Waals surface area contributed by atoms with Crippen molar-refractivity contribution < 1.29 is 9.18 Å².